The van der Waals surface area contributed by atoms with Gasteiger partial charge in [0.2, 0.25) is 0 Å². The van der Waals surface area contributed by atoms with Gasteiger partial charge in [-0.15, -0.1) is 0 Å². The minimum absolute atomic E-state index is 0.0608. The highest BCUT2D eigenvalue weighted by Crippen LogP contribution is 2.63. The SMILES string of the molecule is COC(=O)CCC(C)C1CC[C@H]2[C@@H]3CCC4CC(OC(C)=O)CC[C@]4(C)[C@H]3CC(=O)[C@H]12. The van der Waals surface area contributed by atoms with Crippen molar-refractivity contribution in [1.29, 1.82) is 0 Å². The highest BCUT2D eigenvalue weighted by Gasteiger charge is 2.59. The van der Waals surface area contributed by atoms with Gasteiger partial charge in [-0.2, -0.15) is 0 Å². The van der Waals surface area contributed by atoms with Gasteiger partial charge in [0, 0.05) is 25.7 Å². The second-order valence-corrected chi connectivity index (χ2v) is 11.2. The molecule has 0 aromatic rings. The Labute approximate surface area is 187 Å². The second kappa shape index (κ2) is 8.86. The Morgan fingerprint density at radius 3 is 2.58 bits per heavy atom. The Hall–Kier alpha value is -1.39. The molecule has 0 aromatic heterocycles. The molecule has 0 saturated heterocycles. The number of ketones is 1. The highest BCUT2D eigenvalue weighted by molar-refractivity contribution is 5.83. The standard InChI is InChI=1S/C26H40O5/c1-15(5-10-24(29)30-4)19-8-9-21-20-7-6-17-13-18(31-16(2)27)11-12-26(17,3)22(20)14-23(28)25(19)21/h15,17-22,25H,5-14H2,1-4H3/t15?,17?,18?,19?,20-,21-,22-,25+,26-/m0/s1. The van der Waals surface area contributed by atoms with Crippen LogP contribution in [0.25, 0.3) is 0 Å². The quantitative estimate of drug-likeness (QED) is 0.575. The number of methoxy groups -OCH3 is 1. The number of rotatable bonds is 5. The third kappa shape index (κ3) is 4.18. The van der Waals surface area contributed by atoms with Gasteiger partial charge >= 0.3 is 11.9 Å². The molecule has 5 heteroatoms. The zero-order valence-electron chi connectivity index (χ0n) is 19.7. The molecule has 0 amide bonds. The van der Waals surface area contributed by atoms with E-state index in [-0.39, 0.29) is 29.4 Å². The fraction of sp³-hybridized carbons (Fsp3) is 0.885. The second-order valence-electron chi connectivity index (χ2n) is 11.2. The Kier molecular flexibility index (Phi) is 6.52. The summed E-state index contributed by atoms with van der Waals surface area (Å²) in [7, 11) is 1.44. The maximum Gasteiger partial charge on any atom is 0.305 e. The van der Waals surface area contributed by atoms with Crippen LogP contribution >= 0.6 is 0 Å². The molecule has 0 spiro atoms. The lowest BCUT2D eigenvalue weighted by atomic mass is 9.46. The summed E-state index contributed by atoms with van der Waals surface area (Å²) < 4.78 is 10.4. The summed E-state index contributed by atoms with van der Waals surface area (Å²) in [5, 5.41) is 0. The van der Waals surface area contributed by atoms with Crippen molar-refractivity contribution in [2.75, 3.05) is 7.11 Å². The Morgan fingerprint density at radius 1 is 1.13 bits per heavy atom. The predicted molar refractivity (Wildman–Crippen MR) is 117 cm³/mol. The third-order valence-corrected chi connectivity index (χ3v) is 9.89. The monoisotopic (exact) mass is 432 g/mol. The van der Waals surface area contributed by atoms with Crippen molar-refractivity contribution in [3.63, 3.8) is 0 Å². The van der Waals surface area contributed by atoms with E-state index in [1.54, 1.807) is 0 Å². The molecule has 4 saturated carbocycles. The minimum Gasteiger partial charge on any atom is -0.469 e. The van der Waals surface area contributed by atoms with E-state index in [9.17, 15) is 14.4 Å². The van der Waals surface area contributed by atoms with E-state index >= 15 is 0 Å². The highest BCUT2D eigenvalue weighted by atomic mass is 16.5. The summed E-state index contributed by atoms with van der Waals surface area (Å²) >= 11 is 0. The first-order valence-corrected chi connectivity index (χ1v) is 12.5. The van der Waals surface area contributed by atoms with Crippen LogP contribution in [0.2, 0.25) is 0 Å². The lowest BCUT2D eigenvalue weighted by Crippen LogP contribution is -2.54. The average molecular weight is 433 g/mol. The van der Waals surface area contributed by atoms with Crippen molar-refractivity contribution in [1.82, 2.24) is 0 Å². The van der Waals surface area contributed by atoms with Crippen molar-refractivity contribution in [3.8, 4) is 0 Å². The number of esters is 2. The molecule has 4 aliphatic rings. The molecule has 0 N–H and O–H groups in total. The van der Waals surface area contributed by atoms with Gasteiger partial charge < -0.3 is 9.47 Å². The van der Waals surface area contributed by atoms with E-state index in [4.69, 9.17) is 9.47 Å². The van der Waals surface area contributed by atoms with Gasteiger partial charge in [0.1, 0.15) is 11.9 Å². The van der Waals surface area contributed by atoms with Crippen LogP contribution in [0, 0.1) is 46.8 Å². The number of hydrogen-bond acceptors (Lipinski definition) is 5. The van der Waals surface area contributed by atoms with Crippen molar-refractivity contribution < 1.29 is 23.9 Å². The van der Waals surface area contributed by atoms with Gasteiger partial charge in [-0.3, -0.25) is 14.4 Å². The van der Waals surface area contributed by atoms with E-state index in [1.165, 1.54) is 33.3 Å². The Balaban J connectivity index is 1.45. The van der Waals surface area contributed by atoms with Crippen LogP contribution in [0.1, 0.15) is 85.0 Å². The molecule has 4 aliphatic carbocycles. The number of fused-ring (bicyclic) bond motifs is 5. The molecule has 4 unspecified atom stereocenters. The van der Waals surface area contributed by atoms with Crippen LogP contribution in [-0.4, -0.2) is 30.9 Å². The van der Waals surface area contributed by atoms with Crippen LogP contribution in [0.5, 0.6) is 0 Å². The molecular formula is C26H40O5. The van der Waals surface area contributed by atoms with Gasteiger partial charge in [-0.05, 0) is 92.3 Å². The Bertz CT molecular complexity index is 717. The van der Waals surface area contributed by atoms with Crippen LogP contribution in [0.3, 0.4) is 0 Å². The maximum atomic E-state index is 13.5. The topological polar surface area (TPSA) is 69.7 Å². The Morgan fingerprint density at radius 2 is 1.87 bits per heavy atom. The van der Waals surface area contributed by atoms with Gasteiger partial charge in [-0.25, -0.2) is 0 Å². The van der Waals surface area contributed by atoms with Crippen molar-refractivity contribution in [2.45, 2.75) is 91.1 Å². The molecule has 0 radical (unpaired) electrons. The first kappa shape index (κ1) is 22.8. The smallest absolute Gasteiger partial charge is 0.305 e. The van der Waals surface area contributed by atoms with Crippen LogP contribution in [-0.2, 0) is 23.9 Å². The van der Waals surface area contributed by atoms with Crippen molar-refractivity contribution >= 4 is 17.7 Å². The number of hydrogen-bond donors (Lipinski definition) is 0. The van der Waals surface area contributed by atoms with Crippen molar-refractivity contribution in [2.24, 2.45) is 46.8 Å². The molecule has 31 heavy (non-hydrogen) atoms. The van der Waals surface area contributed by atoms with Gasteiger partial charge in [-0.1, -0.05) is 13.8 Å². The van der Waals surface area contributed by atoms with Crippen LogP contribution < -0.4 is 0 Å². The number of carbonyl (C=O) groups is 3. The third-order valence-electron chi connectivity index (χ3n) is 9.89. The summed E-state index contributed by atoms with van der Waals surface area (Å²) in [4.78, 5) is 36.5. The van der Waals surface area contributed by atoms with Crippen LogP contribution in [0.4, 0.5) is 0 Å². The molecule has 174 valence electrons. The zero-order chi connectivity index (χ0) is 22.3. The lowest BCUT2D eigenvalue weighted by molar-refractivity contribution is -0.160. The van der Waals surface area contributed by atoms with E-state index in [0.717, 1.165) is 38.5 Å². The molecule has 0 aromatic carbocycles. The van der Waals surface area contributed by atoms with E-state index < -0.39 is 0 Å². The molecular weight excluding hydrogens is 392 g/mol. The number of ether oxygens (including phenoxy) is 2. The zero-order valence-corrected chi connectivity index (χ0v) is 19.7. The summed E-state index contributed by atoms with van der Waals surface area (Å²) in [6, 6.07) is 0. The number of carbonyl (C=O) groups excluding carboxylic acids is 3. The fourth-order valence-corrected chi connectivity index (χ4v) is 8.31. The van der Waals surface area contributed by atoms with E-state index in [2.05, 4.69) is 13.8 Å². The van der Waals surface area contributed by atoms with Gasteiger partial charge in [0.25, 0.3) is 0 Å². The molecule has 5 nitrogen and oxygen atoms in total. The summed E-state index contributed by atoms with van der Waals surface area (Å²) in [5.74, 6) is 3.43. The lowest BCUT2D eigenvalue weighted by Gasteiger charge is -2.58. The summed E-state index contributed by atoms with van der Waals surface area (Å²) in [5.41, 5.74) is 0.203. The first-order chi connectivity index (χ1) is 14.7. The maximum absolute atomic E-state index is 13.5. The minimum atomic E-state index is -0.170. The van der Waals surface area contributed by atoms with Crippen molar-refractivity contribution in [3.05, 3.63) is 0 Å². The molecule has 0 heterocycles. The van der Waals surface area contributed by atoms with Gasteiger partial charge in [0.05, 0.1) is 7.11 Å². The van der Waals surface area contributed by atoms with E-state index in [0.29, 0.717) is 47.7 Å². The summed E-state index contributed by atoms with van der Waals surface area (Å²) in [6.45, 7) is 6.16. The van der Waals surface area contributed by atoms with E-state index in [1.807, 2.05) is 0 Å². The largest absolute Gasteiger partial charge is 0.469 e. The number of Topliss-reactive ketones (excluding diaryl/α,β-unsaturated/α-hetero) is 1. The summed E-state index contributed by atoms with van der Waals surface area (Å²) in [6.07, 6.45) is 9.76. The first-order valence-electron chi connectivity index (χ1n) is 12.5. The molecule has 0 bridgehead atoms. The molecule has 4 fully saturated rings. The molecule has 9 atom stereocenters. The van der Waals surface area contributed by atoms with Gasteiger partial charge in [0.15, 0.2) is 0 Å². The fourth-order valence-electron chi connectivity index (χ4n) is 8.31. The molecule has 4 rings (SSSR count). The predicted octanol–water partition coefficient (Wildman–Crippen LogP) is 4.96. The normalized spacial score (nSPS) is 42.7. The average Bonchev–Trinajstić information content (AvgIpc) is 3.18. The van der Waals surface area contributed by atoms with Crippen LogP contribution in [0.15, 0.2) is 0 Å². The molecule has 0 aliphatic heterocycles.